The molecule has 1 aliphatic heterocycles. The van der Waals surface area contributed by atoms with Crippen molar-refractivity contribution in [1.29, 1.82) is 0 Å². The smallest absolute Gasteiger partial charge is 0.144 e. The molecule has 0 amide bonds. The van der Waals surface area contributed by atoms with Crippen LogP contribution in [0.4, 0.5) is 5.82 Å². The van der Waals surface area contributed by atoms with Crippen LogP contribution in [0.2, 0.25) is 0 Å². The molecule has 1 aromatic rings. The van der Waals surface area contributed by atoms with E-state index in [2.05, 4.69) is 20.9 Å². The normalized spacial score (nSPS) is 24.8. The Bertz CT molecular complexity index is 440. The molecule has 1 atom stereocenters. The van der Waals surface area contributed by atoms with Crippen LogP contribution >= 0.6 is 27.7 Å². The van der Waals surface area contributed by atoms with Gasteiger partial charge in [0.1, 0.15) is 11.6 Å². The van der Waals surface area contributed by atoms with Crippen LogP contribution in [0.15, 0.2) is 4.47 Å². The molecule has 1 saturated heterocycles. The molecule has 0 spiro atoms. The Kier molecular flexibility index (Phi) is 3.80. The lowest BCUT2D eigenvalue weighted by Crippen LogP contribution is -2.09. The van der Waals surface area contributed by atoms with Gasteiger partial charge in [0, 0.05) is 5.92 Å². The van der Waals surface area contributed by atoms with Crippen molar-refractivity contribution < 1.29 is 0 Å². The summed E-state index contributed by atoms with van der Waals surface area (Å²) in [5.74, 6) is 3.38. The highest BCUT2D eigenvalue weighted by Gasteiger charge is 2.26. The quantitative estimate of drug-likeness (QED) is 0.890. The SMILES string of the molecule is Nc1nc(C2CCCS2)nc(C2CCCC2)c1Br. The van der Waals surface area contributed by atoms with Crippen LogP contribution < -0.4 is 5.73 Å². The summed E-state index contributed by atoms with van der Waals surface area (Å²) in [4.78, 5) is 9.32. The first-order chi connectivity index (χ1) is 8.75. The van der Waals surface area contributed by atoms with Crippen molar-refractivity contribution >= 4 is 33.5 Å². The summed E-state index contributed by atoms with van der Waals surface area (Å²) in [7, 11) is 0. The zero-order chi connectivity index (χ0) is 12.5. The number of aromatic nitrogens is 2. The van der Waals surface area contributed by atoms with Crippen molar-refractivity contribution in [3.63, 3.8) is 0 Å². The van der Waals surface area contributed by atoms with Crippen LogP contribution in [0.25, 0.3) is 0 Å². The van der Waals surface area contributed by atoms with E-state index in [0.29, 0.717) is 17.0 Å². The number of halogens is 1. The average molecular weight is 328 g/mol. The van der Waals surface area contributed by atoms with Gasteiger partial charge in [0.2, 0.25) is 0 Å². The van der Waals surface area contributed by atoms with Gasteiger partial charge in [-0.2, -0.15) is 11.8 Å². The minimum absolute atomic E-state index is 0.459. The number of hydrogen-bond acceptors (Lipinski definition) is 4. The monoisotopic (exact) mass is 327 g/mol. The number of rotatable bonds is 2. The molecule has 5 heteroatoms. The lowest BCUT2D eigenvalue weighted by Gasteiger charge is -2.16. The van der Waals surface area contributed by atoms with Gasteiger partial charge in [-0.1, -0.05) is 12.8 Å². The van der Waals surface area contributed by atoms with E-state index in [1.54, 1.807) is 0 Å². The zero-order valence-corrected chi connectivity index (χ0v) is 12.8. The van der Waals surface area contributed by atoms with Crippen molar-refractivity contribution in [3.05, 3.63) is 16.0 Å². The molecule has 1 aliphatic carbocycles. The molecule has 0 aromatic carbocycles. The molecule has 2 aliphatic rings. The van der Waals surface area contributed by atoms with Crippen LogP contribution in [0.5, 0.6) is 0 Å². The van der Waals surface area contributed by atoms with Crippen LogP contribution in [0.1, 0.15) is 61.2 Å². The van der Waals surface area contributed by atoms with E-state index in [9.17, 15) is 0 Å². The van der Waals surface area contributed by atoms with Crippen molar-refractivity contribution in [3.8, 4) is 0 Å². The first kappa shape index (κ1) is 12.7. The maximum Gasteiger partial charge on any atom is 0.144 e. The first-order valence-electron chi connectivity index (χ1n) is 6.70. The van der Waals surface area contributed by atoms with Gasteiger partial charge in [-0.15, -0.1) is 0 Å². The Hall–Kier alpha value is -0.290. The predicted octanol–water partition coefficient (Wildman–Crippen LogP) is 4.05. The maximum absolute atomic E-state index is 6.05. The van der Waals surface area contributed by atoms with Gasteiger partial charge in [-0.3, -0.25) is 0 Å². The number of nitrogens with two attached hydrogens (primary N) is 1. The molecular formula is C13H18BrN3S. The van der Waals surface area contributed by atoms with Gasteiger partial charge < -0.3 is 5.73 Å². The van der Waals surface area contributed by atoms with Gasteiger partial charge >= 0.3 is 0 Å². The molecule has 0 radical (unpaired) electrons. The molecule has 3 nitrogen and oxygen atoms in total. The zero-order valence-electron chi connectivity index (χ0n) is 10.4. The number of hydrogen-bond donors (Lipinski definition) is 1. The first-order valence-corrected chi connectivity index (χ1v) is 8.54. The highest BCUT2D eigenvalue weighted by atomic mass is 79.9. The minimum Gasteiger partial charge on any atom is -0.383 e. The van der Waals surface area contributed by atoms with Crippen LogP contribution in [0.3, 0.4) is 0 Å². The summed E-state index contributed by atoms with van der Waals surface area (Å²) < 4.78 is 0.932. The molecule has 2 heterocycles. The van der Waals surface area contributed by atoms with E-state index in [0.717, 1.165) is 16.0 Å². The van der Waals surface area contributed by atoms with E-state index in [1.807, 2.05) is 11.8 Å². The fourth-order valence-corrected chi connectivity index (χ4v) is 4.60. The van der Waals surface area contributed by atoms with Crippen molar-refractivity contribution in [2.45, 2.75) is 49.7 Å². The Morgan fingerprint density at radius 1 is 1.11 bits per heavy atom. The second-order valence-corrected chi connectivity index (χ2v) is 7.25. The Balaban J connectivity index is 1.95. The molecule has 1 unspecified atom stereocenters. The van der Waals surface area contributed by atoms with E-state index in [4.69, 9.17) is 10.7 Å². The van der Waals surface area contributed by atoms with Gasteiger partial charge in [-0.05, 0) is 47.4 Å². The molecule has 0 bridgehead atoms. The maximum atomic E-state index is 6.05. The third-order valence-corrected chi connectivity index (χ3v) is 6.07. The second kappa shape index (κ2) is 5.37. The third kappa shape index (κ3) is 2.39. The van der Waals surface area contributed by atoms with Gasteiger partial charge in [-0.25, -0.2) is 9.97 Å². The highest BCUT2D eigenvalue weighted by Crippen LogP contribution is 2.42. The number of nitrogen functional groups attached to an aromatic ring is 1. The molecule has 2 fully saturated rings. The number of anilines is 1. The summed E-state index contributed by atoms with van der Waals surface area (Å²) in [6, 6.07) is 0. The standard InChI is InChI=1S/C13H18BrN3S/c14-10-11(8-4-1-2-5-8)16-13(17-12(10)15)9-6-3-7-18-9/h8-9H,1-7H2,(H2,15,16,17). The largest absolute Gasteiger partial charge is 0.383 e. The topological polar surface area (TPSA) is 51.8 Å². The number of thioether (sulfide) groups is 1. The van der Waals surface area contributed by atoms with Crippen LogP contribution in [0, 0.1) is 0 Å². The Morgan fingerprint density at radius 3 is 2.56 bits per heavy atom. The fourth-order valence-electron chi connectivity index (χ4n) is 2.90. The highest BCUT2D eigenvalue weighted by molar-refractivity contribution is 9.10. The van der Waals surface area contributed by atoms with Crippen molar-refractivity contribution in [2.75, 3.05) is 11.5 Å². The summed E-state index contributed by atoms with van der Waals surface area (Å²) >= 11 is 5.54. The average Bonchev–Trinajstić information content (AvgIpc) is 3.03. The summed E-state index contributed by atoms with van der Waals surface area (Å²) in [6.07, 6.45) is 7.57. The van der Waals surface area contributed by atoms with E-state index in [1.165, 1.54) is 44.3 Å². The molecule has 3 rings (SSSR count). The van der Waals surface area contributed by atoms with E-state index in [-0.39, 0.29) is 0 Å². The van der Waals surface area contributed by atoms with Gasteiger partial charge in [0.05, 0.1) is 15.4 Å². The van der Waals surface area contributed by atoms with E-state index < -0.39 is 0 Å². The summed E-state index contributed by atoms with van der Waals surface area (Å²) in [5, 5.41) is 0.459. The minimum atomic E-state index is 0.459. The van der Waals surface area contributed by atoms with Gasteiger partial charge in [0.15, 0.2) is 0 Å². The lowest BCUT2D eigenvalue weighted by molar-refractivity contribution is 0.672. The third-order valence-electron chi connectivity index (χ3n) is 3.88. The molecule has 2 N–H and O–H groups in total. The second-order valence-electron chi connectivity index (χ2n) is 5.15. The summed E-state index contributed by atoms with van der Waals surface area (Å²) in [5.41, 5.74) is 7.20. The van der Waals surface area contributed by atoms with Crippen molar-refractivity contribution in [2.24, 2.45) is 0 Å². The van der Waals surface area contributed by atoms with Crippen LogP contribution in [-0.4, -0.2) is 15.7 Å². The number of nitrogens with zero attached hydrogens (tertiary/aromatic N) is 2. The molecule has 1 saturated carbocycles. The van der Waals surface area contributed by atoms with E-state index >= 15 is 0 Å². The van der Waals surface area contributed by atoms with Gasteiger partial charge in [0.25, 0.3) is 0 Å². The predicted molar refractivity (Wildman–Crippen MR) is 79.8 cm³/mol. The Labute approximate surface area is 120 Å². The molecule has 98 valence electrons. The van der Waals surface area contributed by atoms with Crippen molar-refractivity contribution in [1.82, 2.24) is 9.97 Å². The molecule has 1 aromatic heterocycles. The summed E-state index contributed by atoms with van der Waals surface area (Å²) in [6.45, 7) is 0. The molecule has 18 heavy (non-hydrogen) atoms. The fraction of sp³-hybridized carbons (Fsp3) is 0.692. The lowest BCUT2D eigenvalue weighted by atomic mass is 10.0. The Morgan fingerprint density at radius 2 is 1.89 bits per heavy atom. The van der Waals surface area contributed by atoms with Crippen LogP contribution in [-0.2, 0) is 0 Å². The molecular weight excluding hydrogens is 310 g/mol.